The van der Waals surface area contributed by atoms with E-state index in [2.05, 4.69) is 17.2 Å². The monoisotopic (exact) mass is 320 g/mol. The molecule has 1 aliphatic carbocycles. The molecule has 1 unspecified atom stereocenters. The summed E-state index contributed by atoms with van der Waals surface area (Å²) in [4.78, 5) is 22.8. The molecule has 2 rings (SSSR count). The van der Waals surface area contributed by atoms with Crippen LogP contribution in [0.25, 0.3) is 0 Å². The fourth-order valence-corrected chi connectivity index (χ4v) is 2.69. The smallest absolute Gasteiger partial charge is 0.407 e. The summed E-state index contributed by atoms with van der Waals surface area (Å²) in [6.07, 6.45) is 5.03. The minimum atomic E-state index is -0.478. The zero-order valence-corrected chi connectivity index (χ0v) is 14.8. The lowest BCUT2D eigenvalue weighted by Crippen LogP contribution is -2.37. The fourth-order valence-electron chi connectivity index (χ4n) is 2.69. The van der Waals surface area contributed by atoms with Crippen molar-refractivity contribution in [1.82, 2.24) is 15.3 Å². The molecule has 1 heterocycles. The SMILES string of the molecule is CC1CCCc2cnc(N(C)CCNC(=O)OC(C)(C)C)nc21. The molecule has 0 saturated heterocycles. The van der Waals surface area contributed by atoms with Crippen LogP contribution >= 0.6 is 0 Å². The van der Waals surface area contributed by atoms with E-state index in [0.29, 0.717) is 25.0 Å². The molecular weight excluding hydrogens is 292 g/mol. The lowest BCUT2D eigenvalue weighted by atomic mass is 9.89. The number of rotatable bonds is 4. The van der Waals surface area contributed by atoms with Crippen molar-refractivity contribution in [1.29, 1.82) is 0 Å². The number of amides is 1. The number of nitrogens with one attached hydrogen (secondary N) is 1. The molecule has 1 aromatic heterocycles. The van der Waals surface area contributed by atoms with Crippen molar-refractivity contribution in [3.05, 3.63) is 17.5 Å². The van der Waals surface area contributed by atoms with Gasteiger partial charge in [0.25, 0.3) is 0 Å². The second-order valence-electron chi connectivity index (χ2n) is 7.22. The number of hydrogen-bond acceptors (Lipinski definition) is 5. The van der Waals surface area contributed by atoms with Crippen molar-refractivity contribution in [3.63, 3.8) is 0 Å². The molecule has 128 valence electrons. The van der Waals surface area contributed by atoms with E-state index < -0.39 is 11.7 Å². The summed E-state index contributed by atoms with van der Waals surface area (Å²) in [6, 6.07) is 0. The number of hydrogen-bond donors (Lipinski definition) is 1. The minimum absolute atomic E-state index is 0.397. The number of alkyl carbamates (subject to hydrolysis) is 1. The van der Waals surface area contributed by atoms with Crippen LogP contribution in [0.5, 0.6) is 0 Å². The van der Waals surface area contributed by atoms with Crippen LogP contribution in [0.1, 0.15) is 57.7 Å². The Kier molecular flexibility index (Phi) is 5.44. The first kappa shape index (κ1) is 17.5. The number of aryl methyl sites for hydroxylation is 1. The summed E-state index contributed by atoms with van der Waals surface area (Å²) in [7, 11) is 1.94. The molecule has 1 N–H and O–H groups in total. The molecule has 0 aliphatic heterocycles. The highest BCUT2D eigenvalue weighted by Crippen LogP contribution is 2.29. The van der Waals surface area contributed by atoms with Gasteiger partial charge >= 0.3 is 6.09 Å². The van der Waals surface area contributed by atoms with Crippen LogP contribution < -0.4 is 10.2 Å². The van der Waals surface area contributed by atoms with Gasteiger partial charge < -0.3 is 15.0 Å². The fraction of sp³-hybridized carbons (Fsp3) is 0.706. The molecule has 1 aromatic rings. The first-order chi connectivity index (χ1) is 10.8. The lowest BCUT2D eigenvalue weighted by molar-refractivity contribution is 0.0529. The third-order valence-electron chi connectivity index (χ3n) is 3.89. The van der Waals surface area contributed by atoms with Crippen LogP contribution in [0.15, 0.2) is 6.20 Å². The number of ether oxygens (including phenoxy) is 1. The van der Waals surface area contributed by atoms with E-state index in [-0.39, 0.29) is 0 Å². The van der Waals surface area contributed by atoms with Gasteiger partial charge in [-0.1, -0.05) is 6.92 Å². The van der Waals surface area contributed by atoms with Gasteiger partial charge in [-0.15, -0.1) is 0 Å². The van der Waals surface area contributed by atoms with Crippen LogP contribution in [0.2, 0.25) is 0 Å². The molecule has 1 amide bonds. The maximum Gasteiger partial charge on any atom is 0.407 e. The highest BCUT2D eigenvalue weighted by atomic mass is 16.6. The number of nitrogens with zero attached hydrogens (tertiary/aromatic N) is 3. The van der Waals surface area contributed by atoms with Crippen molar-refractivity contribution in [2.45, 2.75) is 58.5 Å². The van der Waals surface area contributed by atoms with Crippen molar-refractivity contribution in [3.8, 4) is 0 Å². The molecular formula is C17H28N4O2. The third kappa shape index (κ3) is 5.08. The van der Waals surface area contributed by atoms with Crippen LogP contribution in [0, 0.1) is 0 Å². The van der Waals surface area contributed by atoms with Crippen molar-refractivity contribution < 1.29 is 9.53 Å². The highest BCUT2D eigenvalue weighted by Gasteiger charge is 2.20. The number of aromatic nitrogens is 2. The molecule has 0 saturated carbocycles. The van der Waals surface area contributed by atoms with Gasteiger partial charge in [0.1, 0.15) is 5.60 Å². The summed E-state index contributed by atoms with van der Waals surface area (Å²) < 4.78 is 5.21. The molecule has 0 radical (unpaired) electrons. The van der Waals surface area contributed by atoms with Gasteiger partial charge in [-0.25, -0.2) is 14.8 Å². The van der Waals surface area contributed by atoms with Crippen LogP contribution in [0.4, 0.5) is 10.7 Å². The number of carbonyl (C=O) groups excluding carboxylic acids is 1. The predicted molar refractivity (Wildman–Crippen MR) is 90.9 cm³/mol. The van der Waals surface area contributed by atoms with E-state index in [1.807, 2.05) is 38.9 Å². The Balaban J connectivity index is 1.88. The maximum atomic E-state index is 11.6. The Labute approximate surface area is 138 Å². The van der Waals surface area contributed by atoms with E-state index >= 15 is 0 Å². The van der Waals surface area contributed by atoms with Crippen molar-refractivity contribution in [2.75, 3.05) is 25.0 Å². The molecule has 6 nitrogen and oxygen atoms in total. The van der Waals surface area contributed by atoms with E-state index in [0.717, 1.165) is 6.42 Å². The Hall–Kier alpha value is -1.85. The summed E-state index contributed by atoms with van der Waals surface area (Å²) in [6.45, 7) is 8.88. The normalized spacial score (nSPS) is 17.3. The predicted octanol–water partition coefficient (Wildman–Crippen LogP) is 2.88. The lowest BCUT2D eigenvalue weighted by Gasteiger charge is -2.24. The van der Waals surface area contributed by atoms with E-state index in [1.54, 1.807) is 0 Å². The molecule has 23 heavy (non-hydrogen) atoms. The van der Waals surface area contributed by atoms with Crippen LogP contribution in [-0.4, -0.2) is 41.8 Å². The maximum absolute atomic E-state index is 11.6. The summed E-state index contributed by atoms with van der Waals surface area (Å²) in [5, 5.41) is 2.75. The molecule has 6 heteroatoms. The second-order valence-corrected chi connectivity index (χ2v) is 7.22. The average Bonchev–Trinajstić information content (AvgIpc) is 2.45. The first-order valence-electron chi connectivity index (χ1n) is 8.30. The molecule has 1 atom stereocenters. The van der Waals surface area contributed by atoms with Crippen LogP contribution in [0.3, 0.4) is 0 Å². The molecule has 0 fully saturated rings. The Bertz CT molecular complexity index is 554. The first-order valence-corrected chi connectivity index (χ1v) is 8.30. The Morgan fingerprint density at radius 3 is 2.91 bits per heavy atom. The van der Waals surface area contributed by atoms with Gasteiger partial charge in [-0.2, -0.15) is 0 Å². The second kappa shape index (κ2) is 7.15. The Morgan fingerprint density at radius 1 is 1.48 bits per heavy atom. The Morgan fingerprint density at radius 2 is 2.22 bits per heavy atom. The summed E-state index contributed by atoms with van der Waals surface area (Å²) in [5.74, 6) is 1.21. The zero-order valence-electron chi connectivity index (χ0n) is 14.8. The van der Waals surface area contributed by atoms with Crippen molar-refractivity contribution in [2.24, 2.45) is 0 Å². The van der Waals surface area contributed by atoms with E-state index in [9.17, 15) is 4.79 Å². The minimum Gasteiger partial charge on any atom is -0.444 e. The van der Waals surface area contributed by atoms with Gasteiger partial charge in [0.15, 0.2) is 0 Å². The summed E-state index contributed by atoms with van der Waals surface area (Å²) in [5.41, 5.74) is 1.97. The van der Waals surface area contributed by atoms with Gasteiger partial charge in [0.2, 0.25) is 5.95 Å². The quantitative estimate of drug-likeness (QED) is 0.924. The molecule has 0 spiro atoms. The van der Waals surface area contributed by atoms with Gasteiger partial charge in [0.05, 0.1) is 5.69 Å². The topological polar surface area (TPSA) is 67.4 Å². The number of likely N-dealkylation sites (N-methyl/N-ethyl adjacent to an activating group) is 1. The number of fused-ring (bicyclic) bond motifs is 1. The molecule has 0 bridgehead atoms. The number of carbonyl (C=O) groups is 1. The third-order valence-corrected chi connectivity index (χ3v) is 3.89. The highest BCUT2D eigenvalue weighted by molar-refractivity contribution is 5.67. The van der Waals surface area contributed by atoms with Gasteiger partial charge in [-0.05, 0) is 51.5 Å². The average molecular weight is 320 g/mol. The largest absolute Gasteiger partial charge is 0.444 e. The van der Waals surface area contributed by atoms with E-state index in [4.69, 9.17) is 9.72 Å². The van der Waals surface area contributed by atoms with Gasteiger partial charge in [-0.3, -0.25) is 0 Å². The standard InChI is InChI=1S/C17H28N4O2/c1-12-7-6-8-13-11-19-15(20-14(12)13)21(5)10-9-18-16(22)23-17(2,3)4/h11-12H,6-10H2,1-5H3,(H,18,22). The zero-order chi connectivity index (χ0) is 17.0. The summed E-state index contributed by atoms with van der Waals surface area (Å²) >= 11 is 0. The number of anilines is 1. The van der Waals surface area contributed by atoms with Crippen LogP contribution in [-0.2, 0) is 11.2 Å². The molecule has 0 aromatic carbocycles. The van der Waals surface area contributed by atoms with Crippen molar-refractivity contribution >= 4 is 12.0 Å². The molecule has 1 aliphatic rings. The van der Waals surface area contributed by atoms with Gasteiger partial charge in [0, 0.05) is 26.3 Å². The van der Waals surface area contributed by atoms with E-state index in [1.165, 1.54) is 24.1 Å².